The van der Waals surface area contributed by atoms with Gasteiger partial charge in [-0.1, -0.05) is 0 Å². The summed E-state index contributed by atoms with van der Waals surface area (Å²) in [5, 5.41) is 12.9. The number of hydrogen-bond acceptors (Lipinski definition) is 5. The van der Waals surface area contributed by atoms with E-state index in [1.807, 2.05) is 0 Å². The number of rotatable bonds is 3. The van der Waals surface area contributed by atoms with Gasteiger partial charge in [0.1, 0.15) is 15.4 Å². The Hall–Kier alpha value is -1.55. The highest BCUT2D eigenvalue weighted by molar-refractivity contribution is 7.91. The minimum Gasteiger partial charge on any atom is -0.477 e. The number of nitrogens with zero attached hydrogens (tertiary/aromatic N) is 2. The molecule has 0 spiro atoms. The first-order valence-corrected chi connectivity index (χ1v) is 8.66. The van der Waals surface area contributed by atoms with Crippen molar-refractivity contribution in [1.82, 2.24) is 9.78 Å². The maximum Gasteiger partial charge on any atom is 0.345 e. The van der Waals surface area contributed by atoms with Crippen molar-refractivity contribution in [3.8, 4) is 0 Å². The van der Waals surface area contributed by atoms with Crippen LogP contribution in [0.1, 0.15) is 34.3 Å². The molecule has 1 unspecified atom stereocenters. The molecular weight excluding hydrogens is 326 g/mol. The number of sulfone groups is 1. The van der Waals surface area contributed by atoms with Crippen molar-refractivity contribution in [1.29, 1.82) is 0 Å². The van der Waals surface area contributed by atoms with Gasteiger partial charge in [0.2, 0.25) is 0 Å². The standard InChI is InChI=1S/C11H10F2N2O4S2/c12-9(13)8-6-3-7(11(16)17)20-10(6)15(14-8)5-1-2-21(18,19)4-5/h3,5,9H,1-2,4H2,(H,16,17). The van der Waals surface area contributed by atoms with Gasteiger partial charge in [0.15, 0.2) is 9.84 Å². The van der Waals surface area contributed by atoms with Crippen LogP contribution in [0, 0.1) is 0 Å². The summed E-state index contributed by atoms with van der Waals surface area (Å²) >= 11 is 0.830. The van der Waals surface area contributed by atoms with E-state index in [9.17, 15) is 22.0 Å². The molecule has 3 rings (SSSR count). The van der Waals surface area contributed by atoms with Gasteiger partial charge >= 0.3 is 5.97 Å². The fraction of sp³-hybridized carbons (Fsp3) is 0.455. The fourth-order valence-corrected chi connectivity index (χ4v) is 5.15. The van der Waals surface area contributed by atoms with Crippen molar-refractivity contribution in [2.24, 2.45) is 0 Å². The van der Waals surface area contributed by atoms with Crippen molar-refractivity contribution in [3.63, 3.8) is 0 Å². The van der Waals surface area contributed by atoms with Crippen LogP contribution in [0.4, 0.5) is 8.78 Å². The number of hydrogen-bond donors (Lipinski definition) is 1. The number of carboxylic acids is 1. The summed E-state index contributed by atoms with van der Waals surface area (Å²) in [4.78, 5) is 11.2. The molecule has 2 aromatic rings. The second-order valence-electron chi connectivity index (χ2n) is 4.82. The molecule has 21 heavy (non-hydrogen) atoms. The molecule has 6 nitrogen and oxygen atoms in total. The summed E-state index contributed by atoms with van der Waals surface area (Å²) in [7, 11) is -3.19. The van der Waals surface area contributed by atoms with Crippen LogP contribution in [0.5, 0.6) is 0 Å². The van der Waals surface area contributed by atoms with Crippen LogP contribution < -0.4 is 0 Å². The topological polar surface area (TPSA) is 89.3 Å². The molecular formula is C11H10F2N2O4S2. The molecule has 1 fully saturated rings. The van der Waals surface area contributed by atoms with Crippen LogP contribution in [0.3, 0.4) is 0 Å². The first-order chi connectivity index (χ1) is 9.78. The van der Waals surface area contributed by atoms with E-state index in [1.165, 1.54) is 4.68 Å². The second-order valence-corrected chi connectivity index (χ2v) is 8.08. The molecule has 3 heterocycles. The zero-order chi connectivity index (χ0) is 15.4. The molecule has 1 N–H and O–H groups in total. The molecule has 0 aromatic carbocycles. The Morgan fingerprint density at radius 1 is 1.52 bits per heavy atom. The first kappa shape index (κ1) is 14.4. The summed E-state index contributed by atoms with van der Waals surface area (Å²) in [6.07, 6.45) is -2.55. The maximum absolute atomic E-state index is 13.0. The summed E-state index contributed by atoms with van der Waals surface area (Å²) in [6, 6.07) is 0.641. The molecule has 10 heteroatoms. The number of carbonyl (C=O) groups is 1. The van der Waals surface area contributed by atoms with Crippen LogP contribution in [-0.4, -0.2) is 40.8 Å². The molecule has 0 aliphatic carbocycles. The van der Waals surface area contributed by atoms with Crippen molar-refractivity contribution in [2.45, 2.75) is 18.9 Å². The summed E-state index contributed by atoms with van der Waals surface area (Å²) in [6.45, 7) is 0. The van der Waals surface area contributed by atoms with E-state index in [1.54, 1.807) is 0 Å². The summed E-state index contributed by atoms with van der Waals surface area (Å²) in [5.41, 5.74) is -0.502. The molecule has 1 saturated heterocycles. The third kappa shape index (κ3) is 2.42. The Morgan fingerprint density at radius 3 is 2.76 bits per heavy atom. The minimum atomic E-state index is -3.19. The normalized spacial score (nSPS) is 21.4. The minimum absolute atomic E-state index is 0.0137. The average molecular weight is 336 g/mol. The van der Waals surface area contributed by atoms with Gasteiger partial charge in [0, 0.05) is 5.39 Å². The zero-order valence-corrected chi connectivity index (χ0v) is 12.1. The van der Waals surface area contributed by atoms with Crippen LogP contribution in [0.15, 0.2) is 6.07 Å². The van der Waals surface area contributed by atoms with Crippen molar-refractivity contribution >= 4 is 37.4 Å². The second kappa shape index (κ2) is 4.73. The Kier molecular flexibility index (Phi) is 3.24. The quantitative estimate of drug-likeness (QED) is 0.927. The Bertz CT molecular complexity index is 825. The largest absolute Gasteiger partial charge is 0.477 e. The van der Waals surface area contributed by atoms with E-state index in [0.29, 0.717) is 6.42 Å². The third-order valence-electron chi connectivity index (χ3n) is 3.38. The van der Waals surface area contributed by atoms with E-state index in [4.69, 9.17) is 5.11 Å². The number of thiophene rings is 1. The third-order valence-corrected chi connectivity index (χ3v) is 6.25. The lowest BCUT2D eigenvalue weighted by Crippen LogP contribution is -2.12. The highest BCUT2D eigenvalue weighted by Crippen LogP contribution is 2.37. The van der Waals surface area contributed by atoms with Crippen molar-refractivity contribution < 1.29 is 27.1 Å². The molecule has 0 amide bonds. The Labute approximate surface area is 121 Å². The monoisotopic (exact) mass is 336 g/mol. The zero-order valence-electron chi connectivity index (χ0n) is 10.5. The van der Waals surface area contributed by atoms with Crippen molar-refractivity contribution in [2.75, 3.05) is 11.5 Å². The number of halogens is 2. The molecule has 114 valence electrons. The lowest BCUT2D eigenvalue weighted by molar-refractivity contribution is 0.0702. The lowest BCUT2D eigenvalue weighted by Gasteiger charge is -2.08. The van der Waals surface area contributed by atoms with Gasteiger partial charge in [-0.25, -0.2) is 22.0 Å². The van der Waals surface area contributed by atoms with E-state index in [2.05, 4.69) is 5.10 Å². The lowest BCUT2D eigenvalue weighted by atomic mass is 10.2. The average Bonchev–Trinajstić information content (AvgIpc) is 3.00. The van der Waals surface area contributed by atoms with E-state index in [0.717, 1.165) is 17.4 Å². The van der Waals surface area contributed by atoms with Gasteiger partial charge in [-0.3, -0.25) is 4.68 Å². The van der Waals surface area contributed by atoms with Gasteiger partial charge in [0.25, 0.3) is 6.43 Å². The van der Waals surface area contributed by atoms with Gasteiger partial charge in [0.05, 0.1) is 17.5 Å². The van der Waals surface area contributed by atoms with Gasteiger partial charge < -0.3 is 5.11 Å². The number of alkyl halides is 2. The first-order valence-electron chi connectivity index (χ1n) is 6.02. The van der Waals surface area contributed by atoms with Crippen LogP contribution in [0.2, 0.25) is 0 Å². The van der Waals surface area contributed by atoms with Gasteiger partial charge in [-0.05, 0) is 12.5 Å². The van der Waals surface area contributed by atoms with Crippen LogP contribution in [0.25, 0.3) is 10.2 Å². The van der Waals surface area contributed by atoms with Crippen LogP contribution >= 0.6 is 11.3 Å². The predicted octanol–water partition coefficient (Wildman–Crippen LogP) is 2.09. The highest BCUT2D eigenvalue weighted by Gasteiger charge is 2.33. The number of carboxylic acid groups (broad SMARTS) is 1. The highest BCUT2D eigenvalue weighted by atomic mass is 32.2. The van der Waals surface area contributed by atoms with Crippen LogP contribution in [-0.2, 0) is 9.84 Å². The molecule has 2 aromatic heterocycles. The van der Waals surface area contributed by atoms with E-state index < -0.39 is 34.0 Å². The molecule has 1 aliphatic rings. The predicted molar refractivity (Wildman–Crippen MR) is 71.8 cm³/mol. The smallest absolute Gasteiger partial charge is 0.345 e. The molecule has 1 aliphatic heterocycles. The number of fused-ring (bicyclic) bond motifs is 1. The summed E-state index contributed by atoms with van der Waals surface area (Å²) < 4.78 is 50.3. The maximum atomic E-state index is 13.0. The molecule has 1 atom stereocenters. The van der Waals surface area contributed by atoms with Gasteiger partial charge in [-0.15, -0.1) is 11.3 Å². The van der Waals surface area contributed by atoms with E-state index >= 15 is 0 Å². The summed E-state index contributed by atoms with van der Waals surface area (Å²) in [5.74, 6) is -1.38. The Balaban J connectivity index is 2.16. The SMILES string of the molecule is O=C(O)c1cc2c(C(F)F)nn(C3CCS(=O)(=O)C3)c2s1. The molecule has 0 saturated carbocycles. The molecule has 0 radical (unpaired) electrons. The fourth-order valence-electron chi connectivity index (χ4n) is 2.43. The Morgan fingerprint density at radius 2 is 2.24 bits per heavy atom. The van der Waals surface area contributed by atoms with Crippen molar-refractivity contribution in [3.05, 3.63) is 16.6 Å². The van der Waals surface area contributed by atoms with Gasteiger partial charge in [-0.2, -0.15) is 5.10 Å². The number of aromatic carboxylic acids is 1. The molecule has 0 bridgehead atoms. The number of aromatic nitrogens is 2. The van der Waals surface area contributed by atoms with E-state index in [-0.39, 0.29) is 26.6 Å².